The van der Waals surface area contributed by atoms with Gasteiger partial charge in [0.1, 0.15) is 18.9 Å². The Labute approximate surface area is 538 Å². The van der Waals surface area contributed by atoms with Crippen molar-refractivity contribution in [1.82, 2.24) is 0 Å². The van der Waals surface area contributed by atoms with Gasteiger partial charge in [-0.05, 0) is 54.9 Å². The Morgan fingerprint density at radius 1 is 0.344 bits per heavy atom. The van der Waals surface area contributed by atoms with Gasteiger partial charge in [0.15, 0.2) is 0 Å². The van der Waals surface area contributed by atoms with E-state index < -0.39 is 16.8 Å². The molecule has 0 aliphatic carbocycles. The number of carbonyl (C=O) groups excluding carboxylic acids is 3. The van der Waals surface area contributed by atoms with Crippen LogP contribution in [-0.4, -0.2) is 35.7 Å². The van der Waals surface area contributed by atoms with Crippen molar-refractivity contribution in [3.8, 4) is 0 Å². The van der Waals surface area contributed by atoms with Gasteiger partial charge < -0.3 is 29.7 Å². The molecule has 0 amide bonds. The zero-order valence-corrected chi connectivity index (χ0v) is 60.7. The molecule has 0 aliphatic rings. The minimum Gasteiger partial charge on any atom is -0.850 e. The second kappa shape index (κ2) is 151. The van der Waals surface area contributed by atoms with Gasteiger partial charge in [-0.2, -0.15) is 0 Å². The SMILES string of the molecule is C/C=C/C.C/C=C/C.C/C=C\CC.CC.CC(C)(C)[O-].CC(C)(C)[O-].CC(C)(C)[O-].CC=O.CC=O.CCC.CCC=O.CCCC.CCCC.CCCCC.CCCCC.[K+].[K+].[K+]. The summed E-state index contributed by atoms with van der Waals surface area (Å²) in [5, 5.41) is 30.3. The predicted molar refractivity (Wildman–Crippen MR) is 284 cm³/mol. The minimum atomic E-state index is -0.750. The number of aldehydes is 3. The Morgan fingerprint density at radius 3 is 0.469 bits per heavy atom. The standard InChI is InChI=1S/2C5H12.C5H10.3C4H9O.2C4H10.2C4H8.C3H6O.C3H8.2C2H4O.C2H6.3K/c3*1-3-5-4-2;3*1-4(2,3)5;4*1-3-4-2;1-2-3-4;1-3-2;2*1-2-3;1-2;;;/h2*3-5H2,1-2H3;3,5H,4H2,1-2H3;3*1-3H3;2*3-4H2,1-2H3;2*3-4H,1-2H3;3H,2H2,1H3;3H2,1-2H3;2*2H,1H3;1-2H3;;;/q;;;3*-1;;;;;;;;;;3*+1/b;;5-3-;;;;;;2*4-3+;;;;;;;;. The minimum absolute atomic E-state index is 0. The monoisotopic (exact) mass is 999 g/mol. The molecule has 0 saturated carbocycles. The van der Waals surface area contributed by atoms with Crippen LogP contribution in [0.3, 0.4) is 0 Å². The van der Waals surface area contributed by atoms with Crippen molar-refractivity contribution in [2.24, 2.45) is 0 Å². The molecule has 0 bridgehead atoms. The first-order valence-corrected chi connectivity index (χ1v) is 24.2. The van der Waals surface area contributed by atoms with Gasteiger partial charge in [-0.1, -0.05) is 266 Å². The normalized spacial score (nSPS) is 8.20. The van der Waals surface area contributed by atoms with Crippen LogP contribution in [0.5, 0.6) is 0 Å². The van der Waals surface area contributed by atoms with Gasteiger partial charge in [0.2, 0.25) is 0 Å². The van der Waals surface area contributed by atoms with Crippen molar-refractivity contribution in [3.63, 3.8) is 0 Å². The van der Waals surface area contributed by atoms with Crippen LogP contribution in [0.15, 0.2) is 36.5 Å². The molecule has 0 spiro atoms. The maximum Gasteiger partial charge on any atom is 1.00 e. The smallest absolute Gasteiger partial charge is 0.850 e. The molecule has 0 aromatic rings. The molecule has 6 nitrogen and oxygen atoms in total. The van der Waals surface area contributed by atoms with E-state index in [4.69, 9.17) is 9.59 Å². The van der Waals surface area contributed by atoms with E-state index >= 15 is 0 Å². The molecule has 0 rings (SSSR count). The van der Waals surface area contributed by atoms with Gasteiger partial charge in [-0.25, -0.2) is 0 Å². The van der Waals surface area contributed by atoms with Crippen molar-refractivity contribution < 1.29 is 184 Å². The van der Waals surface area contributed by atoms with E-state index in [1.54, 1.807) is 62.3 Å². The molecule has 0 fully saturated rings. The molecule has 0 saturated heterocycles. The van der Waals surface area contributed by atoms with Crippen LogP contribution in [0.25, 0.3) is 0 Å². The van der Waals surface area contributed by atoms with Crippen molar-refractivity contribution in [2.75, 3.05) is 0 Å². The Hall–Kier alpha value is 3.02. The van der Waals surface area contributed by atoms with Crippen molar-refractivity contribution in [3.05, 3.63) is 36.5 Å². The van der Waals surface area contributed by atoms with E-state index in [9.17, 15) is 20.1 Å². The van der Waals surface area contributed by atoms with Gasteiger partial charge in [-0.3, -0.25) is 0 Å². The third kappa shape index (κ3) is 1360. The molecular formula is C55H125K3O6. The van der Waals surface area contributed by atoms with Crippen LogP contribution >= 0.6 is 0 Å². The van der Waals surface area contributed by atoms with E-state index in [0.717, 1.165) is 25.3 Å². The number of hydrogen-bond acceptors (Lipinski definition) is 6. The molecule has 9 heteroatoms. The largest absolute Gasteiger partial charge is 1.00 e. The third-order valence-electron chi connectivity index (χ3n) is 3.72. The number of unbranched alkanes of at least 4 members (excludes halogenated alkanes) is 6. The summed E-state index contributed by atoms with van der Waals surface area (Å²) in [5.74, 6) is 0. The molecule has 0 N–H and O–H groups in total. The van der Waals surface area contributed by atoms with Crippen molar-refractivity contribution in [1.29, 1.82) is 0 Å². The average Bonchev–Trinajstić information content (AvgIpc) is 3.16. The zero-order chi connectivity index (χ0) is 53.1. The third-order valence-corrected chi connectivity index (χ3v) is 3.72. The summed E-state index contributed by atoms with van der Waals surface area (Å²) in [6.07, 6.45) is 31.0. The van der Waals surface area contributed by atoms with E-state index in [2.05, 4.69) is 88.3 Å². The van der Waals surface area contributed by atoms with E-state index in [1.165, 1.54) is 84.5 Å². The summed E-state index contributed by atoms with van der Waals surface area (Å²) in [7, 11) is 0. The maximum atomic E-state index is 10.1. The number of hydrogen-bond donors (Lipinski definition) is 0. The van der Waals surface area contributed by atoms with Gasteiger partial charge in [0, 0.05) is 6.42 Å². The molecule has 0 radical (unpaired) electrons. The van der Waals surface area contributed by atoms with Gasteiger partial charge in [0.25, 0.3) is 0 Å². The summed E-state index contributed by atoms with van der Waals surface area (Å²) in [5.41, 5.74) is -2.25. The van der Waals surface area contributed by atoms with E-state index in [0.29, 0.717) is 6.42 Å². The van der Waals surface area contributed by atoms with Crippen LogP contribution in [-0.2, 0) is 14.4 Å². The second-order valence-electron chi connectivity index (χ2n) is 15.1. The van der Waals surface area contributed by atoms with Crippen LogP contribution in [0.4, 0.5) is 0 Å². The molecular weight excluding hydrogens is 874 g/mol. The topological polar surface area (TPSA) is 120 Å². The second-order valence-corrected chi connectivity index (χ2v) is 15.1. The average molecular weight is 1000 g/mol. The Kier molecular flexibility index (Phi) is 286. The van der Waals surface area contributed by atoms with Crippen LogP contribution in [0.1, 0.15) is 291 Å². The van der Waals surface area contributed by atoms with Gasteiger partial charge in [-0.15, -0.1) is 16.8 Å². The summed E-state index contributed by atoms with van der Waals surface area (Å²) < 4.78 is 0. The molecule has 0 unspecified atom stereocenters. The zero-order valence-electron chi connectivity index (χ0n) is 51.3. The quantitative estimate of drug-likeness (QED) is 0.138. The Bertz CT molecular complexity index is 547. The van der Waals surface area contributed by atoms with E-state index in [1.807, 2.05) is 79.7 Å². The van der Waals surface area contributed by atoms with Crippen LogP contribution in [0, 0.1) is 0 Å². The summed E-state index contributed by atoms with van der Waals surface area (Å²) in [6, 6.07) is 0. The predicted octanol–water partition coefficient (Wildman–Crippen LogP) is 8.04. The fourth-order valence-corrected chi connectivity index (χ4v) is 0.943. The molecule has 0 aromatic carbocycles. The fraction of sp³-hybridized carbons (Fsp3) is 0.836. The molecule has 0 heterocycles. The molecule has 0 aliphatic heterocycles. The molecule has 0 aromatic heterocycles. The molecule has 64 heavy (non-hydrogen) atoms. The molecule has 0 atom stereocenters. The van der Waals surface area contributed by atoms with Crippen molar-refractivity contribution >= 4 is 18.9 Å². The Morgan fingerprint density at radius 2 is 0.469 bits per heavy atom. The number of rotatable bonds is 8. The first kappa shape index (κ1) is 122. The van der Waals surface area contributed by atoms with Gasteiger partial charge in [0.05, 0.1) is 0 Å². The molecule has 384 valence electrons. The van der Waals surface area contributed by atoms with Crippen LogP contribution < -0.4 is 169 Å². The van der Waals surface area contributed by atoms with E-state index in [-0.39, 0.29) is 154 Å². The first-order chi connectivity index (χ1) is 28.1. The number of carbonyl (C=O) groups is 3. The first-order valence-electron chi connectivity index (χ1n) is 24.2. The van der Waals surface area contributed by atoms with Gasteiger partial charge >= 0.3 is 154 Å². The maximum absolute atomic E-state index is 10.1. The summed E-state index contributed by atoms with van der Waals surface area (Å²) >= 11 is 0. The Balaban J connectivity index is -0.0000000222. The summed E-state index contributed by atoms with van der Waals surface area (Å²) in [6.45, 7) is 57.4. The fourth-order valence-electron chi connectivity index (χ4n) is 0.943. The van der Waals surface area contributed by atoms with Crippen molar-refractivity contribution in [2.45, 2.75) is 308 Å². The summed E-state index contributed by atoms with van der Waals surface area (Å²) in [4.78, 5) is 26.8. The van der Waals surface area contributed by atoms with Crippen LogP contribution in [0.2, 0.25) is 0 Å². The number of allylic oxidation sites excluding steroid dienone is 6.